The third kappa shape index (κ3) is 4.30. The number of carbonyl (C=O) groups is 1. The Morgan fingerprint density at radius 1 is 1.38 bits per heavy atom. The molecule has 2 rings (SSSR count). The summed E-state index contributed by atoms with van der Waals surface area (Å²) in [6.07, 6.45) is 3.54. The number of amides is 1. The fraction of sp³-hybridized carbons (Fsp3) is 0.333. The second-order valence-corrected chi connectivity index (χ2v) is 4.79. The van der Waals surface area contributed by atoms with E-state index in [4.69, 9.17) is 0 Å². The van der Waals surface area contributed by atoms with Crippen LogP contribution in [0, 0.1) is 5.82 Å². The van der Waals surface area contributed by atoms with Crippen LogP contribution in [-0.4, -0.2) is 21.7 Å². The van der Waals surface area contributed by atoms with Gasteiger partial charge < -0.3 is 10.6 Å². The second kappa shape index (κ2) is 6.88. The average Bonchev–Trinajstić information content (AvgIpc) is 2.94. The van der Waals surface area contributed by atoms with Gasteiger partial charge in [-0.15, -0.1) is 0 Å². The third-order valence-corrected chi connectivity index (χ3v) is 3.11. The standard InChI is InChI=1S/C15H19FN4O/c1-3-20-10-14(9-18-20)19-11(2)15(21)17-8-12-4-6-13(16)7-5-12/h4-7,9-11,19H,3,8H2,1-2H3,(H,17,21). The molecular formula is C15H19FN4O. The van der Waals surface area contributed by atoms with E-state index in [1.807, 2.05) is 13.1 Å². The second-order valence-electron chi connectivity index (χ2n) is 4.79. The molecule has 1 aromatic heterocycles. The normalized spacial score (nSPS) is 12.0. The van der Waals surface area contributed by atoms with E-state index in [0.717, 1.165) is 17.8 Å². The van der Waals surface area contributed by atoms with Gasteiger partial charge in [-0.3, -0.25) is 9.48 Å². The van der Waals surface area contributed by atoms with Crippen LogP contribution in [0.2, 0.25) is 0 Å². The van der Waals surface area contributed by atoms with Gasteiger partial charge in [-0.2, -0.15) is 5.10 Å². The van der Waals surface area contributed by atoms with Crippen molar-refractivity contribution in [3.63, 3.8) is 0 Å². The number of rotatable bonds is 6. The number of nitrogens with zero attached hydrogens (tertiary/aromatic N) is 2. The highest BCUT2D eigenvalue weighted by molar-refractivity contribution is 5.84. The van der Waals surface area contributed by atoms with Gasteiger partial charge in [-0.25, -0.2) is 4.39 Å². The topological polar surface area (TPSA) is 59.0 Å². The minimum atomic E-state index is -0.375. The van der Waals surface area contributed by atoms with Gasteiger partial charge in [0.25, 0.3) is 0 Å². The first kappa shape index (κ1) is 15.0. The number of aromatic nitrogens is 2. The van der Waals surface area contributed by atoms with Crippen molar-refractivity contribution in [1.29, 1.82) is 0 Å². The van der Waals surface area contributed by atoms with Crippen molar-refractivity contribution >= 4 is 11.6 Å². The maximum atomic E-state index is 12.8. The zero-order valence-corrected chi connectivity index (χ0v) is 12.1. The van der Waals surface area contributed by atoms with E-state index < -0.39 is 0 Å². The number of benzene rings is 1. The summed E-state index contributed by atoms with van der Waals surface area (Å²) in [6.45, 7) is 4.94. The van der Waals surface area contributed by atoms with E-state index in [2.05, 4.69) is 15.7 Å². The molecule has 21 heavy (non-hydrogen) atoms. The van der Waals surface area contributed by atoms with Crippen LogP contribution in [0.3, 0.4) is 0 Å². The minimum absolute atomic E-state index is 0.122. The molecule has 0 aliphatic rings. The molecule has 0 saturated carbocycles. The van der Waals surface area contributed by atoms with Gasteiger partial charge in [-0.05, 0) is 31.5 Å². The van der Waals surface area contributed by atoms with Crippen molar-refractivity contribution in [3.05, 3.63) is 48.0 Å². The molecule has 0 aliphatic carbocycles. The number of hydrogen-bond acceptors (Lipinski definition) is 3. The Balaban J connectivity index is 1.83. The molecule has 0 bridgehead atoms. The average molecular weight is 290 g/mol. The highest BCUT2D eigenvalue weighted by Crippen LogP contribution is 2.07. The predicted molar refractivity (Wildman–Crippen MR) is 79.2 cm³/mol. The summed E-state index contributed by atoms with van der Waals surface area (Å²) in [5.41, 5.74) is 1.66. The van der Waals surface area contributed by atoms with Crippen molar-refractivity contribution in [3.8, 4) is 0 Å². The van der Waals surface area contributed by atoms with Gasteiger partial charge in [0.2, 0.25) is 5.91 Å². The molecule has 2 N–H and O–H groups in total. The van der Waals surface area contributed by atoms with Gasteiger partial charge in [0.1, 0.15) is 11.9 Å². The van der Waals surface area contributed by atoms with Crippen LogP contribution in [0.25, 0.3) is 0 Å². The van der Waals surface area contributed by atoms with Crippen LogP contribution in [0.4, 0.5) is 10.1 Å². The monoisotopic (exact) mass is 290 g/mol. The number of hydrogen-bond donors (Lipinski definition) is 2. The molecular weight excluding hydrogens is 271 g/mol. The molecule has 0 aliphatic heterocycles. The van der Waals surface area contributed by atoms with Crippen molar-refractivity contribution in [2.24, 2.45) is 0 Å². The minimum Gasteiger partial charge on any atom is -0.371 e. The zero-order chi connectivity index (χ0) is 15.2. The molecule has 1 atom stereocenters. The number of nitrogens with one attached hydrogen (secondary N) is 2. The zero-order valence-electron chi connectivity index (χ0n) is 12.1. The van der Waals surface area contributed by atoms with Crippen LogP contribution >= 0.6 is 0 Å². The Hall–Kier alpha value is -2.37. The fourth-order valence-electron chi connectivity index (χ4n) is 1.87. The first-order chi connectivity index (χ1) is 10.1. The molecule has 0 spiro atoms. The lowest BCUT2D eigenvalue weighted by atomic mass is 10.2. The summed E-state index contributed by atoms with van der Waals surface area (Å²) in [6, 6.07) is 5.68. The van der Waals surface area contributed by atoms with Crippen molar-refractivity contribution in [1.82, 2.24) is 15.1 Å². The van der Waals surface area contributed by atoms with Crippen LogP contribution in [0.5, 0.6) is 0 Å². The highest BCUT2D eigenvalue weighted by atomic mass is 19.1. The molecule has 112 valence electrons. The summed E-state index contributed by atoms with van der Waals surface area (Å²) < 4.78 is 14.6. The largest absolute Gasteiger partial charge is 0.371 e. The summed E-state index contributed by atoms with van der Waals surface area (Å²) in [7, 11) is 0. The molecule has 1 amide bonds. The van der Waals surface area contributed by atoms with Crippen LogP contribution in [0.1, 0.15) is 19.4 Å². The SMILES string of the molecule is CCn1cc(NC(C)C(=O)NCc2ccc(F)cc2)cn1. The number of carbonyl (C=O) groups excluding carboxylic acids is 1. The highest BCUT2D eigenvalue weighted by Gasteiger charge is 2.12. The van der Waals surface area contributed by atoms with E-state index in [-0.39, 0.29) is 17.8 Å². The van der Waals surface area contributed by atoms with Gasteiger partial charge in [0.05, 0.1) is 11.9 Å². The maximum absolute atomic E-state index is 12.8. The molecule has 5 nitrogen and oxygen atoms in total. The first-order valence-electron chi connectivity index (χ1n) is 6.89. The van der Waals surface area contributed by atoms with Gasteiger partial charge in [0, 0.05) is 19.3 Å². The summed E-state index contributed by atoms with van der Waals surface area (Å²) in [5, 5.41) is 10.0. The molecule has 2 aromatic rings. The lowest BCUT2D eigenvalue weighted by molar-refractivity contribution is -0.121. The van der Waals surface area contributed by atoms with E-state index in [9.17, 15) is 9.18 Å². The Labute approximate surface area is 123 Å². The smallest absolute Gasteiger partial charge is 0.242 e. The van der Waals surface area contributed by atoms with Gasteiger partial charge >= 0.3 is 0 Å². The van der Waals surface area contributed by atoms with Gasteiger partial charge in [0.15, 0.2) is 0 Å². The van der Waals surface area contributed by atoms with E-state index in [1.54, 1.807) is 29.9 Å². The number of halogens is 1. The molecule has 1 heterocycles. The lowest BCUT2D eigenvalue weighted by Crippen LogP contribution is -2.37. The summed E-state index contributed by atoms with van der Waals surface area (Å²) in [5.74, 6) is -0.406. The Morgan fingerprint density at radius 2 is 2.10 bits per heavy atom. The fourth-order valence-corrected chi connectivity index (χ4v) is 1.87. The number of anilines is 1. The Bertz CT molecular complexity index is 594. The Kier molecular flexibility index (Phi) is 4.92. The van der Waals surface area contributed by atoms with Crippen molar-refractivity contribution < 1.29 is 9.18 Å². The van der Waals surface area contributed by atoms with E-state index in [0.29, 0.717) is 6.54 Å². The Morgan fingerprint density at radius 3 is 2.71 bits per heavy atom. The van der Waals surface area contributed by atoms with Crippen molar-refractivity contribution in [2.75, 3.05) is 5.32 Å². The van der Waals surface area contributed by atoms with Crippen LogP contribution < -0.4 is 10.6 Å². The predicted octanol–water partition coefficient (Wildman–Crippen LogP) is 2.16. The van der Waals surface area contributed by atoms with Crippen molar-refractivity contribution in [2.45, 2.75) is 33.0 Å². The first-order valence-corrected chi connectivity index (χ1v) is 6.89. The molecule has 0 radical (unpaired) electrons. The molecule has 0 fully saturated rings. The number of aryl methyl sites for hydroxylation is 1. The van der Waals surface area contributed by atoms with E-state index >= 15 is 0 Å². The summed E-state index contributed by atoms with van der Waals surface area (Å²) in [4.78, 5) is 12.0. The quantitative estimate of drug-likeness (QED) is 0.857. The molecule has 1 unspecified atom stereocenters. The van der Waals surface area contributed by atoms with Crippen LogP contribution in [-0.2, 0) is 17.9 Å². The molecule has 6 heteroatoms. The molecule has 1 aromatic carbocycles. The third-order valence-electron chi connectivity index (χ3n) is 3.11. The van der Waals surface area contributed by atoms with Gasteiger partial charge in [-0.1, -0.05) is 12.1 Å². The van der Waals surface area contributed by atoms with Crippen LogP contribution in [0.15, 0.2) is 36.7 Å². The van der Waals surface area contributed by atoms with E-state index in [1.165, 1.54) is 12.1 Å². The molecule has 0 saturated heterocycles. The lowest BCUT2D eigenvalue weighted by Gasteiger charge is -2.13. The summed E-state index contributed by atoms with van der Waals surface area (Å²) >= 11 is 0. The maximum Gasteiger partial charge on any atom is 0.242 e.